The van der Waals surface area contributed by atoms with Crippen molar-refractivity contribution < 1.29 is 4.79 Å². The number of benzene rings is 1. The molecule has 0 aliphatic rings. The van der Waals surface area contributed by atoms with Gasteiger partial charge in [-0.3, -0.25) is 4.79 Å². The normalized spacial score (nSPS) is 11.9. The van der Waals surface area contributed by atoms with E-state index in [2.05, 4.69) is 16.7 Å². The molecule has 19 heavy (non-hydrogen) atoms. The minimum absolute atomic E-state index is 0.0560. The highest BCUT2D eigenvalue weighted by atomic mass is 16.1. The predicted octanol–water partition coefficient (Wildman–Crippen LogP) is 2.12. The number of nitrogens with one attached hydrogen (secondary N) is 2. The van der Waals surface area contributed by atoms with Gasteiger partial charge in [-0.1, -0.05) is 12.1 Å². The summed E-state index contributed by atoms with van der Waals surface area (Å²) in [6.45, 7) is 6.54. The van der Waals surface area contributed by atoms with Crippen LogP contribution >= 0.6 is 0 Å². The van der Waals surface area contributed by atoms with Gasteiger partial charge in [-0.15, -0.1) is 0 Å². The highest BCUT2D eigenvalue weighted by molar-refractivity contribution is 5.76. The first kappa shape index (κ1) is 15.2. The maximum absolute atomic E-state index is 11.5. The Labute approximate surface area is 114 Å². The number of nitriles is 1. The first-order valence-electron chi connectivity index (χ1n) is 6.55. The molecule has 1 aromatic rings. The van der Waals surface area contributed by atoms with Crippen LogP contribution in [0.1, 0.15) is 44.4 Å². The topological polar surface area (TPSA) is 64.9 Å². The minimum atomic E-state index is 0.0560. The Hall–Kier alpha value is -1.86. The largest absolute Gasteiger partial charge is 0.354 e. The molecular formula is C15H21N3O. The maximum Gasteiger partial charge on any atom is 0.221 e. The van der Waals surface area contributed by atoms with E-state index >= 15 is 0 Å². The SMILES string of the molecule is CC(C)NC(=O)CCNC(C)c1cccc(C#N)c1. The highest BCUT2D eigenvalue weighted by Crippen LogP contribution is 2.13. The van der Waals surface area contributed by atoms with E-state index in [9.17, 15) is 4.79 Å². The van der Waals surface area contributed by atoms with Crippen LogP contribution in [0.3, 0.4) is 0 Å². The summed E-state index contributed by atoms with van der Waals surface area (Å²) in [5.41, 5.74) is 1.71. The number of carbonyl (C=O) groups excluding carboxylic acids is 1. The number of amides is 1. The molecule has 0 fully saturated rings. The van der Waals surface area contributed by atoms with Gasteiger partial charge in [0, 0.05) is 25.0 Å². The Morgan fingerprint density at radius 2 is 2.11 bits per heavy atom. The quantitative estimate of drug-likeness (QED) is 0.822. The lowest BCUT2D eigenvalue weighted by Crippen LogP contribution is -2.33. The van der Waals surface area contributed by atoms with Crippen LogP contribution in [0.25, 0.3) is 0 Å². The molecule has 0 aliphatic carbocycles. The van der Waals surface area contributed by atoms with Gasteiger partial charge in [0.2, 0.25) is 5.91 Å². The van der Waals surface area contributed by atoms with Gasteiger partial charge in [-0.25, -0.2) is 0 Å². The van der Waals surface area contributed by atoms with Crippen LogP contribution in [-0.4, -0.2) is 18.5 Å². The first-order valence-corrected chi connectivity index (χ1v) is 6.55. The zero-order chi connectivity index (χ0) is 14.3. The zero-order valence-corrected chi connectivity index (χ0v) is 11.7. The number of nitrogens with zero attached hydrogens (tertiary/aromatic N) is 1. The van der Waals surface area contributed by atoms with Gasteiger partial charge in [0.15, 0.2) is 0 Å². The monoisotopic (exact) mass is 259 g/mol. The van der Waals surface area contributed by atoms with Gasteiger partial charge in [0.05, 0.1) is 11.6 Å². The van der Waals surface area contributed by atoms with Gasteiger partial charge in [0.1, 0.15) is 0 Å². The second-order valence-electron chi connectivity index (χ2n) is 4.89. The predicted molar refractivity (Wildman–Crippen MR) is 75.5 cm³/mol. The van der Waals surface area contributed by atoms with E-state index in [0.29, 0.717) is 18.5 Å². The van der Waals surface area contributed by atoms with Crippen molar-refractivity contribution in [2.75, 3.05) is 6.54 Å². The molecule has 2 N–H and O–H groups in total. The molecule has 1 rings (SSSR count). The van der Waals surface area contributed by atoms with E-state index < -0.39 is 0 Å². The summed E-state index contributed by atoms with van der Waals surface area (Å²) in [5.74, 6) is 0.0560. The summed E-state index contributed by atoms with van der Waals surface area (Å²) in [7, 11) is 0. The van der Waals surface area contributed by atoms with Crippen molar-refractivity contribution in [1.29, 1.82) is 5.26 Å². The molecule has 0 heterocycles. The van der Waals surface area contributed by atoms with Crippen LogP contribution in [-0.2, 0) is 4.79 Å². The summed E-state index contributed by atoms with van der Waals surface area (Å²) in [6, 6.07) is 9.93. The van der Waals surface area contributed by atoms with Crippen LogP contribution in [0.4, 0.5) is 0 Å². The van der Waals surface area contributed by atoms with Crippen LogP contribution in [0, 0.1) is 11.3 Å². The van der Waals surface area contributed by atoms with Crippen molar-refractivity contribution in [2.45, 2.75) is 39.3 Å². The summed E-state index contributed by atoms with van der Waals surface area (Å²) < 4.78 is 0. The second-order valence-corrected chi connectivity index (χ2v) is 4.89. The molecule has 0 saturated heterocycles. The number of hydrogen-bond acceptors (Lipinski definition) is 3. The number of rotatable bonds is 6. The van der Waals surface area contributed by atoms with E-state index in [1.54, 1.807) is 6.07 Å². The molecule has 4 heteroatoms. The Balaban J connectivity index is 2.41. The first-order chi connectivity index (χ1) is 9.02. The molecule has 102 valence electrons. The maximum atomic E-state index is 11.5. The molecule has 1 atom stereocenters. The lowest BCUT2D eigenvalue weighted by atomic mass is 10.1. The van der Waals surface area contributed by atoms with Gasteiger partial charge in [-0.2, -0.15) is 5.26 Å². The van der Waals surface area contributed by atoms with Gasteiger partial charge < -0.3 is 10.6 Å². The average Bonchev–Trinajstić information content (AvgIpc) is 2.37. The van der Waals surface area contributed by atoms with Crippen LogP contribution in [0.5, 0.6) is 0 Å². The Morgan fingerprint density at radius 1 is 1.37 bits per heavy atom. The van der Waals surface area contributed by atoms with Gasteiger partial charge >= 0.3 is 0 Å². The molecule has 1 unspecified atom stereocenters. The Kier molecular flexibility index (Phi) is 6.04. The zero-order valence-electron chi connectivity index (χ0n) is 11.7. The molecule has 0 saturated carbocycles. The third kappa shape index (κ3) is 5.54. The number of carbonyl (C=O) groups is 1. The lowest BCUT2D eigenvalue weighted by molar-refractivity contribution is -0.121. The van der Waals surface area contributed by atoms with Gasteiger partial charge in [0.25, 0.3) is 0 Å². The van der Waals surface area contributed by atoms with E-state index in [1.165, 1.54) is 0 Å². The van der Waals surface area contributed by atoms with Crippen molar-refractivity contribution in [3.05, 3.63) is 35.4 Å². The fraction of sp³-hybridized carbons (Fsp3) is 0.467. The van der Waals surface area contributed by atoms with E-state index in [4.69, 9.17) is 5.26 Å². The molecule has 0 spiro atoms. The molecule has 1 aromatic carbocycles. The van der Waals surface area contributed by atoms with Crippen molar-refractivity contribution >= 4 is 5.91 Å². The Morgan fingerprint density at radius 3 is 2.74 bits per heavy atom. The summed E-state index contributed by atoms with van der Waals surface area (Å²) in [6.07, 6.45) is 0.459. The molecule has 4 nitrogen and oxygen atoms in total. The lowest BCUT2D eigenvalue weighted by Gasteiger charge is -2.15. The molecule has 0 aliphatic heterocycles. The summed E-state index contributed by atoms with van der Waals surface area (Å²) in [5, 5.41) is 15.0. The van der Waals surface area contributed by atoms with Crippen molar-refractivity contribution in [3.8, 4) is 6.07 Å². The Bertz CT molecular complexity index is 463. The van der Waals surface area contributed by atoms with Gasteiger partial charge in [-0.05, 0) is 38.5 Å². The molecule has 1 amide bonds. The fourth-order valence-electron chi connectivity index (χ4n) is 1.79. The third-order valence-electron chi connectivity index (χ3n) is 2.77. The summed E-state index contributed by atoms with van der Waals surface area (Å²) >= 11 is 0. The third-order valence-corrected chi connectivity index (χ3v) is 2.77. The van der Waals surface area contributed by atoms with Crippen molar-refractivity contribution in [3.63, 3.8) is 0 Å². The number of hydrogen-bond donors (Lipinski definition) is 2. The standard InChI is InChI=1S/C15H21N3O/c1-11(2)18-15(19)7-8-17-12(3)14-6-4-5-13(9-14)10-16/h4-6,9,11-12,17H,7-8H2,1-3H3,(H,18,19). The molecule has 0 bridgehead atoms. The van der Waals surface area contributed by atoms with Crippen molar-refractivity contribution in [1.82, 2.24) is 10.6 Å². The van der Waals surface area contributed by atoms with Crippen LogP contribution in [0.2, 0.25) is 0 Å². The van der Waals surface area contributed by atoms with E-state index in [-0.39, 0.29) is 18.0 Å². The van der Waals surface area contributed by atoms with Crippen LogP contribution < -0.4 is 10.6 Å². The molecular weight excluding hydrogens is 238 g/mol. The van der Waals surface area contributed by atoms with Crippen molar-refractivity contribution in [2.24, 2.45) is 0 Å². The molecule has 0 aromatic heterocycles. The van der Waals surface area contributed by atoms with Crippen LogP contribution in [0.15, 0.2) is 24.3 Å². The molecule has 0 radical (unpaired) electrons. The second kappa shape index (κ2) is 7.55. The minimum Gasteiger partial charge on any atom is -0.354 e. The van der Waals surface area contributed by atoms with E-state index in [1.807, 2.05) is 39.0 Å². The van der Waals surface area contributed by atoms with E-state index in [0.717, 1.165) is 5.56 Å². The highest BCUT2D eigenvalue weighted by Gasteiger charge is 2.07. The smallest absolute Gasteiger partial charge is 0.221 e. The fourth-order valence-corrected chi connectivity index (χ4v) is 1.79. The summed E-state index contributed by atoms with van der Waals surface area (Å²) in [4.78, 5) is 11.5. The average molecular weight is 259 g/mol.